The fourth-order valence-electron chi connectivity index (χ4n) is 3.15. The molecule has 1 aliphatic rings. The Labute approximate surface area is 186 Å². The van der Waals surface area contributed by atoms with Gasteiger partial charge in [0, 0.05) is 15.0 Å². The summed E-state index contributed by atoms with van der Waals surface area (Å²) in [5.74, 6) is 0. The highest BCUT2D eigenvalue weighted by Gasteiger charge is 2.43. The first-order valence-electron chi connectivity index (χ1n) is 8.36. The number of benzene rings is 3. The van der Waals surface area contributed by atoms with E-state index in [0.29, 0.717) is 25.5 Å². The van der Waals surface area contributed by atoms with Gasteiger partial charge in [0.2, 0.25) is 0 Å². The molecule has 3 aromatic carbocycles. The maximum atomic E-state index is 11.8. The van der Waals surface area contributed by atoms with Crippen LogP contribution in [0.25, 0.3) is 0 Å². The van der Waals surface area contributed by atoms with E-state index in [1.807, 2.05) is 0 Å². The van der Waals surface area contributed by atoms with Gasteiger partial charge in [0.25, 0.3) is 5.69 Å². The summed E-state index contributed by atoms with van der Waals surface area (Å²) < 4.78 is 1.18. The molecule has 0 bridgehead atoms. The monoisotopic (exact) mass is 535 g/mol. The number of fused-ring (bicyclic) bond motifs is 1. The van der Waals surface area contributed by atoms with Crippen LogP contribution in [0.15, 0.2) is 69.6 Å². The van der Waals surface area contributed by atoms with Gasteiger partial charge in [-0.2, -0.15) is 5.12 Å². The number of halogens is 2. The standard InChI is InChI=1S/C18H11Br2N5O5/c19-12-5-1-3-7-14(12)21-18-16(9-11(24(27)28)10-17(18)25(29)30)23(26)22(21)15-8-4-2-6-13(15)20/h1-10,26H. The normalized spacial score (nSPS) is 12.8. The molecule has 12 heteroatoms. The lowest BCUT2D eigenvalue weighted by Gasteiger charge is -2.34. The van der Waals surface area contributed by atoms with E-state index < -0.39 is 21.2 Å². The number of nitrogens with zero attached hydrogens (tertiary/aromatic N) is 5. The summed E-state index contributed by atoms with van der Waals surface area (Å²) in [5.41, 5.74) is -0.241. The highest BCUT2D eigenvalue weighted by molar-refractivity contribution is 9.11. The van der Waals surface area contributed by atoms with Crippen LogP contribution in [0.1, 0.15) is 0 Å². The van der Waals surface area contributed by atoms with Crippen molar-refractivity contribution in [3.8, 4) is 0 Å². The van der Waals surface area contributed by atoms with E-state index in [0.717, 1.165) is 12.1 Å². The molecule has 0 aromatic heterocycles. The summed E-state index contributed by atoms with van der Waals surface area (Å²) in [6.07, 6.45) is 0. The Hall–Kier alpha value is -3.22. The predicted molar refractivity (Wildman–Crippen MR) is 117 cm³/mol. The number of anilines is 4. The molecule has 4 rings (SSSR count). The Bertz CT molecular complexity index is 1190. The number of hydrazine groups is 2. The fraction of sp³-hybridized carbons (Fsp3) is 0. The molecule has 1 N–H and O–H groups in total. The van der Waals surface area contributed by atoms with Crippen LogP contribution in [0.3, 0.4) is 0 Å². The van der Waals surface area contributed by atoms with Crippen molar-refractivity contribution >= 4 is 66.0 Å². The Balaban J connectivity index is 2.07. The van der Waals surface area contributed by atoms with Crippen LogP contribution in [-0.4, -0.2) is 15.1 Å². The SMILES string of the molecule is O=[N+]([O-])c1cc2c(c([N+](=O)[O-])c1)N(c1ccccc1Br)N(c1ccccc1Br)N2O. The minimum atomic E-state index is -0.745. The molecule has 30 heavy (non-hydrogen) atoms. The second kappa shape index (κ2) is 7.55. The first kappa shape index (κ1) is 20.1. The molecule has 0 atom stereocenters. The van der Waals surface area contributed by atoms with Crippen molar-refractivity contribution in [2.45, 2.75) is 0 Å². The topological polar surface area (TPSA) is 116 Å². The minimum absolute atomic E-state index is 0.0178. The number of nitro groups is 2. The van der Waals surface area contributed by atoms with Gasteiger partial charge in [-0.1, -0.05) is 24.3 Å². The van der Waals surface area contributed by atoms with Crippen LogP contribution in [0.4, 0.5) is 34.1 Å². The third kappa shape index (κ3) is 3.14. The summed E-state index contributed by atoms with van der Waals surface area (Å²) in [4.78, 5) is 21.7. The van der Waals surface area contributed by atoms with Crippen LogP contribution < -0.4 is 15.3 Å². The minimum Gasteiger partial charge on any atom is -0.267 e. The van der Waals surface area contributed by atoms with E-state index in [9.17, 15) is 25.4 Å². The summed E-state index contributed by atoms with van der Waals surface area (Å²) in [6, 6.07) is 15.8. The lowest BCUT2D eigenvalue weighted by Crippen LogP contribution is -2.45. The molecule has 1 aliphatic heterocycles. The van der Waals surface area contributed by atoms with Gasteiger partial charge >= 0.3 is 5.69 Å². The van der Waals surface area contributed by atoms with Crippen molar-refractivity contribution < 1.29 is 15.1 Å². The van der Waals surface area contributed by atoms with Gasteiger partial charge in [0.15, 0.2) is 5.69 Å². The number of hydrogen-bond acceptors (Lipinski definition) is 8. The maximum absolute atomic E-state index is 11.8. The molecule has 0 aliphatic carbocycles. The molecular weight excluding hydrogens is 526 g/mol. The average molecular weight is 537 g/mol. The molecule has 0 amide bonds. The smallest absolute Gasteiger partial charge is 0.267 e. The molecule has 1 heterocycles. The van der Waals surface area contributed by atoms with E-state index in [4.69, 9.17) is 0 Å². The molecular formula is C18H11Br2N5O5. The molecule has 0 radical (unpaired) electrons. The first-order valence-corrected chi connectivity index (χ1v) is 9.95. The van der Waals surface area contributed by atoms with Gasteiger partial charge in [0.05, 0.1) is 27.3 Å². The van der Waals surface area contributed by atoms with Crippen molar-refractivity contribution in [2.75, 3.05) is 15.3 Å². The number of non-ortho nitro benzene ring substituents is 1. The van der Waals surface area contributed by atoms with E-state index in [2.05, 4.69) is 31.9 Å². The van der Waals surface area contributed by atoms with Gasteiger partial charge in [0.1, 0.15) is 5.69 Å². The Morgan fingerprint density at radius 3 is 1.90 bits per heavy atom. The summed E-state index contributed by atoms with van der Waals surface area (Å²) >= 11 is 6.86. The number of nitro benzene ring substituents is 2. The number of rotatable bonds is 4. The molecule has 152 valence electrons. The van der Waals surface area contributed by atoms with Crippen LogP contribution in [0, 0.1) is 20.2 Å². The molecule has 0 saturated carbocycles. The highest BCUT2D eigenvalue weighted by atomic mass is 79.9. The van der Waals surface area contributed by atoms with Crippen molar-refractivity contribution in [1.29, 1.82) is 0 Å². The zero-order valence-corrected chi connectivity index (χ0v) is 18.0. The third-order valence-corrected chi connectivity index (χ3v) is 5.75. The molecule has 0 spiro atoms. The third-order valence-electron chi connectivity index (χ3n) is 4.41. The maximum Gasteiger partial charge on any atom is 0.304 e. The van der Waals surface area contributed by atoms with Crippen LogP contribution in [0.2, 0.25) is 0 Å². The van der Waals surface area contributed by atoms with Gasteiger partial charge in [-0.25, -0.2) is 5.01 Å². The zero-order chi connectivity index (χ0) is 21.6. The average Bonchev–Trinajstić information content (AvgIpc) is 3.00. The van der Waals surface area contributed by atoms with Crippen molar-refractivity contribution in [3.05, 3.63) is 89.8 Å². The van der Waals surface area contributed by atoms with Gasteiger partial charge in [-0.3, -0.25) is 25.4 Å². The summed E-state index contributed by atoms with van der Waals surface area (Å²) in [5, 5.41) is 37.5. The van der Waals surface area contributed by atoms with Gasteiger partial charge < -0.3 is 0 Å². The Morgan fingerprint density at radius 1 is 0.800 bits per heavy atom. The van der Waals surface area contributed by atoms with E-state index in [1.54, 1.807) is 48.5 Å². The van der Waals surface area contributed by atoms with Crippen LogP contribution in [0.5, 0.6) is 0 Å². The molecule has 3 aromatic rings. The second-order valence-electron chi connectivity index (χ2n) is 6.14. The highest BCUT2D eigenvalue weighted by Crippen LogP contribution is 2.52. The number of hydrogen-bond donors (Lipinski definition) is 1. The largest absolute Gasteiger partial charge is 0.304 e. The van der Waals surface area contributed by atoms with Crippen molar-refractivity contribution in [3.63, 3.8) is 0 Å². The van der Waals surface area contributed by atoms with Crippen molar-refractivity contribution in [1.82, 2.24) is 0 Å². The molecule has 0 saturated heterocycles. The van der Waals surface area contributed by atoms with E-state index in [1.165, 1.54) is 10.1 Å². The Kier molecular flexibility index (Phi) is 5.05. The fourth-order valence-corrected chi connectivity index (χ4v) is 4.05. The summed E-state index contributed by atoms with van der Waals surface area (Å²) in [6.45, 7) is 0. The molecule has 0 unspecified atom stereocenters. The predicted octanol–water partition coefficient (Wildman–Crippen LogP) is 5.71. The van der Waals surface area contributed by atoms with E-state index in [-0.39, 0.29) is 11.4 Å². The van der Waals surface area contributed by atoms with E-state index >= 15 is 0 Å². The molecule has 10 nitrogen and oxygen atoms in total. The molecule has 0 fully saturated rings. The van der Waals surface area contributed by atoms with Crippen LogP contribution >= 0.6 is 31.9 Å². The first-order chi connectivity index (χ1) is 14.3. The zero-order valence-electron chi connectivity index (χ0n) is 14.8. The van der Waals surface area contributed by atoms with Crippen LogP contribution in [-0.2, 0) is 0 Å². The van der Waals surface area contributed by atoms with Crippen molar-refractivity contribution in [2.24, 2.45) is 0 Å². The quantitative estimate of drug-likeness (QED) is 0.333. The lowest BCUT2D eigenvalue weighted by molar-refractivity contribution is -0.393. The lowest BCUT2D eigenvalue weighted by atomic mass is 10.2. The van der Waals surface area contributed by atoms with Gasteiger partial charge in [-0.05, 0) is 56.1 Å². The summed E-state index contributed by atoms with van der Waals surface area (Å²) in [7, 11) is 0. The van der Waals surface area contributed by atoms with Gasteiger partial charge in [-0.15, -0.1) is 5.17 Å². The second-order valence-corrected chi connectivity index (χ2v) is 7.85. The Morgan fingerprint density at radius 2 is 1.37 bits per heavy atom. The number of para-hydroxylation sites is 2.